The van der Waals surface area contributed by atoms with Gasteiger partial charge in [-0.25, -0.2) is 9.97 Å². The average molecular weight is 381 g/mol. The summed E-state index contributed by atoms with van der Waals surface area (Å²) in [5.41, 5.74) is 4.76. The monoisotopic (exact) mass is 380 g/mol. The van der Waals surface area contributed by atoms with E-state index in [0.29, 0.717) is 5.92 Å². The van der Waals surface area contributed by atoms with Gasteiger partial charge in [0.25, 0.3) is 0 Å². The molecule has 0 aromatic carbocycles. The second-order valence-corrected chi connectivity index (χ2v) is 10.2. The third-order valence-corrected chi connectivity index (χ3v) is 8.75. The summed E-state index contributed by atoms with van der Waals surface area (Å²) in [6.45, 7) is 8.50. The number of hydrogen-bond acceptors (Lipinski definition) is 4. The molecule has 1 aromatic heterocycles. The number of fused-ring (bicyclic) bond motifs is 7. The third kappa shape index (κ3) is 2.52. The fourth-order valence-corrected chi connectivity index (χ4v) is 7.33. The molecule has 2 fully saturated rings. The van der Waals surface area contributed by atoms with Crippen LogP contribution in [-0.2, 0) is 21.4 Å². The Morgan fingerprint density at radius 3 is 2.71 bits per heavy atom. The van der Waals surface area contributed by atoms with Crippen molar-refractivity contribution in [2.24, 2.45) is 23.2 Å². The van der Waals surface area contributed by atoms with Crippen molar-refractivity contribution in [3.05, 3.63) is 34.9 Å². The van der Waals surface area contributed by atoms with Crippen LogP contribution in [0.15, 0.2) is 17.8 Å². The van der Waals surface area contributed by atoms with Crippen molar-refractivity contribution in [3.8, 4) is 0 Å². The maximum atomic E-state index is 11.4. The summed E-state index contributed by atoms with van der Waals surface area (Å²) in [6.07, 6.45) is 12.6. The number of ether oxygens (including phenoxy) is 1. The van der Waals surface area contributed by atoms with Crippen molar-refractivity contribution >= 4 is 5.97 Å². The maximum Gasteiger partial charge on any atom is 0.302 e. The predicted octanol–water partition coefficient (Wildman–Crippen LogP) is 4.69. The molecule has 2 saturated carbocycles. The van der Waals surface area contributed by atoms with Gasteiger partial charge in [0.1, 0.15) is 11.9 Å². The Labute approximate surface area is 168 Å². The van der Waals surface area contributed by atoms with E-state index in [0.717, 1.165) is 43.3 Å². The van der Waals surface area contributed by atoms with Crippen molar-refractivity contribution in [2.75, 3.05) is 0 Å². The van der Waals surface area contributed by atoms with Gasteiger partial charge in [0.15, 0.2) is 0 Å². The predicted molar refractivity (Wildman–Crippen MR) is 108 cm³/mol. The zero-order valence-corrected chi connectivity index (χ0v) is 17.6. The fourth-order valence-electron chi connectivity index (χ4n) is 7.33. The number of carbonyl (C=O) groups excluding carboxylic acids is 1. The summed E-state index contributed by atoms with van der Waals surface area (Å²) in [6, 6.07) is 0. The zero-order chi connectivity index (χ0) is 19.7. The van der Waals surface area contributed by atoms with Crippen LogP contribution in [0.1, 0.15) is 76.4 Å². The van der Waals surface area contributed by atoms with Gasteiger partial charge in [-0.1, -0.05) is 25.5 Å². The van der Waals surface area contributed by atoms with E-state index in [4.69, 9.17) is 9.72 Å². The summed E-state index contributed by atoms with van der Waals surface area (Å²) in [7, 11) is 0. The Hall–Kier alpha value is -1.71. The van der Waals surface area contributed by atoms with Crippen molar-refractivity contribution in [1.82, 2.24) is 9.97 Å². The van der Waals surface area contributed by atoms with Crippen molar-refractivity contribution in [3.63, 3.8) is 0 Å². The average Bonchev–Trinajstić information content (AvgIpc) is 2.94. The lowest BCUT2D eigenvalue weighted by Crippen LogP contribution is -2.51. The molecule has 3 unspecified atom stereocenters. The van der Waals surface area contributed by atoms with Gasteiger partial charge in [-0.3, -0.25) is 4.79 Å². The molecule has 150 valence electrons. The van der Waals surface area contributed by atoms with Gasteiger partial charge in [-0.2, -0.15) is 0 Å². The van der Waals surface area contributed by atoms with E-state index in [1.807, 2.05) is 6.92 Å². The minimum absolute atomic E-state index is 0.0798. The van der Waals surface area contributed by atoms with Crippen LogP contribution in [-0.4, -0.2) is 22.0 Å². The molecule has 4 aliphatic carbocycles. The standard InChI is InChI=1S/C24H32N2O2/c1-14-25-13-16-11-21-19-6-5-17-12-18(28-15(2)27)7-9-23(17,3)20(19)8-10-24(21,4)22(16)26-14/h5,13,18-21H,6-12H2,1-4H3/t18-,19?,20?,21?,23-,24-/m0/s1. The van der Waals surface area contributed by atoms with Crippen molar-refractivity contribution < 1.29 is 9.53 Å². The molecular formula is C24H32N2O2. The maximum absolute atomic E-state index is 11.4. The highest BCUT2D eigenvalue weighted by atomic mass is 16.5. The summed E-state index contributed by atoms with van der Waals surface area (Å²) in [5.74, 6) is 2.92. The Balaban J connectivity index is 1.45. The number of carbonyl (C=O) groups is 1. The van der Waals surface area contributed by atoms with Gasteiger partial charge in [-0.05, 0) is 74.2 Å². The SMILES string of the molecule is CC(=O)O[C@H]1CC[C@@]2(C)C(=CCC3C2CC[C@]2(C)c4nc(C)ncc4CC32)C1. The number of rotatable bonds is 1. The van der Waals surface area contributed by atoms with E-state index in [-0.39, 0.29) is 22.9 Å². The van der Waals surface area contributed by atoms with Gasteiger partial charge >= 0.3 is 5.97 Å². The molecule has 6 atom stereocenters. The normalized spacial score (nSPS) is 41.2. The van der Waals surface area contributed by atoms with E-state index in [2.05, 4.69) is 31.1 Å². The Morgan fingerprint density at radius 1 is 1.14 bits per heavy atom. The molecule has 0 spiro atoms. The molecule has 4 heteroatoms. The quantitative estimate of drug-likeness (QED) is 0.524. The number of aryl methyl sites for hydroxylation is 1. The molecule has 0 radical (unpaired) electrons. The largest absolute Gasteiger partial charge is 0.462 e. The minimum Gasteiger partial charge on any atom is -0.462 e. The minimum atomic E-state index is -0.142. The van der Waals surface area contributed by atoms with Crippen molar-refractivity contribution in [1.29, 1.82) is 0 Å². The zero-order valence-electron chi connectivity index (χ0n) is 17.6. The van der Waals surface area contributed by atoms with E-state index < -0.39 is 0 Å². The first-order valence-corrected chi connectivity index (χ1v) is 11.0. The van der Waals surface area contributed by atoms with Gasteiger partial charge in [-0.15, -0.1) is 0 Å². The second kappa shape index (κ2) is 6.14. The van der Waals surface area contributed by atoms with Crippen LogP contribution in [0, 0.1) is 30.1 Å². The van der Waals surface area contributed by atoms with Crippen LogP contribution in [0.25, 0.3) is 0 Å². The molecule has 0 amide bonds. The first kappa shape index (κ1) is 18.3. The second-order valence-electron chi connectivity index (χ2n) is 10.2. The van der Waals surface area contributed by atoms with Crippen LogP contribution in [0.4, 0.5) is 0 Å². The summed E-state index contributed by atoms with van der Waals surface area (Å²) in [5, 5.41) is 0. The molecule has 4 nitrogen and oxygen atoms in total. The highest BCUT2D eigenvalue weighted by Crippen LogP contribution is 2.63. The van der Waals surface area contributed by atoms with E-state index in [1.54, 1.807) is 5.57 Å². The topological polar surface area (TPSA) is 52.1 Å². The molecule has 0 N–H and O–H groups in total. The number of esters is 1. The van der Waals surface area contributed by atoms with Crippen LogP contribution in [0.3, 0.4) is 0 Å². The lowest BCUT2D eigenvalue weighted by atomic mass is 9.48. The Morgan fingerprint density at radius 2 is 1.93 bits per heavy atom. The first-order chi connectivity index (χ1) is 13.3. The molecule has 0 bridgehead atoms. The van der Waals surface area contributed by atoms with Gasteiger partial charge in [0, 0.05) is 25.0 Å². The van der Waals surface area contributed by atoms with Crippen LogP contribution in [0.2, 0.25) is 0 Å². The fraction of sp³-hybridized carbons (Fsp3) is 0.708. The van der Waals surface area contributed by atoms with Gasteiger partial charge < -0.3 is 4.74 Å². The van der Waals surface area contributed by atoms with Crippen molar-refractivity contribution in [2.45, 2.75) is 84.2 Å². The molecule has 4 aliphatic rings. The number of hydrogen-bond donors (Lipinski definition) is 0. The summed E-state index contributed by atoms with van der Waals surface area (Å²) >= 11 is 0. The lowest BCUT2D eigenvalue weighted by molar-refractivity contribution is -0.148. The third-order valence-electron chi connectivity index (χ3n) is 8.75. The summed E-state index contributed by atoms with van der Waals surface area (Å²) < 4.78 is 5.57. The van der Waals surface area contributed by atoms with Crippen LogP contribution >= 0.6 is 0 Å². The summed E-state index contributed by atoms with van der Waals surface area (Å²) in [4.78, 5) is 20.8. The molecular weight excluding hydrogens is 348 g/mol. The van der Waals surface area contributed by atoms with E-state index in [9.17, 15) is 4.79 Å². The number of allylic oxidation sites excluding steroid dienone is 1. The highest BCUT2D eigenvalue weighted by molar-refractivity contribution is 5.66. The van der Waals surface area contributed by atoms with Gasteiger partial charge in [0.05, 0.1) is 5.69 Å². The molecule has 1 heterocycles. The van der Waals surface area contributed by atoms with Crippen LogP contribution < -0.4 is 0 Å². The van der Waals surface area contributed by atoms with E-state index in [1.165, 1.54) is 37.4 Å². The highest BCUT2D eigenvalue weighted by Gasteiger charge is 2.58. The molecule has 1 aromatic rings. The van der Waals surface area contributed by atoms with Gasteiger partial charge in [0.2, 0.25) is 0 Å². The first-order valence-electron chi connectivity index (χ1n) is 11.0. The molecule has 5 rings (SSSR count). The molecule has 28 heavy (non-hydrogen) atoms. The number of nitrogens with zero attached hydrogens (tertiary/aromatic N) is 2. The lowest BCUT2D eigenvalue weighted by Gasteiger charge is -2.57. The number of aromatic nitrogens is 2. The van der Waals surface area contributed by atoms with E-state index >= 15 is 0 Å². The molecule has 0 saturated heterocycles. The Kier molecular flexibility index (Phi) is 4.02. The smallest absolute Gasteiger partial charge is 0.302 e. The Bertz CT molecular complexity index is 862. The van der Waals surface area contributed by atoms with Crippen LogP contribution in [0.5, 0.6) is 0 Å². The molecule has 0 aliphatic heterocycles.